The minimum Gasteiger partial charge on any atom is -0.489 e. The van der Waals surface area contributed by atoms with Gasteiger partial charge in [-0.25, -0.2) is 0 Å². The second-order valence-electron chi connectivity index (χ2n) is 8.81. The summed E-state index contributed by atoms with van der Waals surface area (Å²) >= 11 is 12.3. The second-order valence-corrected chi connectivity index (χ2v) is 9.66. The largest absolute Gasteiger partial charge is 0.489 e. The molecule has 37 heavy (non-hydrogen) atoms. The number of hydrogen-bond donors (Lipinski definition) is 2. The quantitative estimate of drug-likeness (QED) is 0.310. The topological polar surface area (TPSA) is 94.0 Å². The summed E-state index contributed by atoms with van der Waals surface area (Å²) in [6.45, 7) is 6.09. The first-order valence-electron chi connectivity index (χ1n) is 11.6. The molecule has 1 atom stereocenters. The maximum absolute atomic E-state index is 13.7. The van der Waals surface area contributed by atoms with Crippen molar-refractivity contribution in [2.75, 3.05) is 10.6 Å². The lowest BCUT2D eigenvalue weighted by atomic mass is 9.94. The highest BCUT2D eigenvalue weighted by Crippen LogP contribution is 2.36. The zero-order valence-electron chi connectivity index (χ0n) is 20.4. The molecule has 3 aromatic carbocycles. The number of anilines is 2. The Balaban J connectivity index is 1.47. The Hall–Kier alpha value is -3.88. The van der Waals surface area contributed by atoms with E-state index in [2.05, 4.69) is 26.2 Å². The Bertz CT molecular complexity index is 1530. The van der Waals surface area contributed by atoms with Crippen LogP contribution in [0.3, 0.4) is 0 Å². The molecule has 8 nitrogen and oxygen atoms in total. The number of ether oxygens (including phenoxy) is 1. The van der Waals surface area contributed by atoms with Crippen molar-refractivity contribution < 1.29 is 9.53 Å². The first-order valence-corrected chi connectivity index (χ1v) is 12.4. The van der Waals surface area contributed by atoms with Gasteiger partial charge >= 0.3 is 0 Å². The summed E-state index contributed by atoms with van der Waals surface area (Å²) < 4.78 is 7.64. The number of allylic oxidation sites excluding steroid dienone is 1. The second kappa shape index (κ2) is 10.2. The van der Waals surface area contributed by atoms with E-state index < -0.39 is 6.04 Å². The number of tetrazole rings is 1. The van der Waals surface area contributed by atoms with Crippen LogP contribution in [0.2, 0.25) is 10.0 Å². The van der Waals surface area contributed by atoms with Gasteiger partial charge in [0.05, 0.1) is 5.57 Å². The average Bonchev–Trinajstić information content (AvgIpc) is 3.33. The fourth-order valence-electron chi connectivity index (χ4n) is 4.26. The molecule has 1 unspecified atom stereocenters. The van der Waals surface area contributed by atoms with Crippen LogP contribution in [0.5, 0.6) is 5.75 Å². The molecule has 0 radical (unpaired) electrons. The van der Waals surface area contributed by atoms with Crippen molar-refractivity contribution >= 4 is 40.7 Å². The monoisotopic (exact) mass is 534 g/mol. The number of benzene rings is 3. The Kier molecular flexibility index (Phi) is 6.86. The minimum absolute atomic E-state index is 0.246. The highest BCUT2D eigenvalue weighted by molar-refractivity contribution is 6.35. The molecule has 10 heteroatoms. The third-order valence-corrected chi connectivity index (χ3v) is 6.98. The van der Waals surface area contributed by atoms with E-state index >= 15 is 0 Å². The number of nitrogens with one attached hydrogen (secondary N) is 2. The van der Waals surface area contributed by atoms with Crippen molar-refractivity contribution in [3.05, 3.63) is 104 Å². The molecule has 5 rings (SSSR count). The number of fused-ring (bicyclic) bond motifs is 1. The number of rotatable bonds is 6. The maximum atomic E-state index is 13.7. The van der Waals surface area contributed by atoms with E-state index in [4.69, 9.17) is 27.9 Å². The van der Waals surface area contributed by atoms with Gasteiger partial charge < -0.3 is 15.4 Å². The summed E-state index contributed by atoms with van der Waals surface area (Å²) in [5.74, 6) is 0.817. The van der Waals surface area contributed by atoms with Gasteiger partial charge in [-0.05, 0) is 78.2 Å². The van der Waals surface area contributed by atoms with Crippen LogP contribution >= 0.6 is 23.2 Å². The van der Waals surface area contributed by atoms with Gasteiger partial charge in [-0.3, -0.25) is 4.79 Å². The van der Waals surface area contributed by atoms with Crippen LogP contribution in [0.4, 0.5) is 11.6 Å². The number of carbonyl (C=O) groups excluding carboxylic acids is 1. The van der Waals surface area contributed by atoms with Crippen molar-refractivity contribution in [3.8, 4) is 5.75 Å². The molecule has 1 aliphatic heterocycles. The van der Waals surface area contributed by atoms with Crippen molar-refractivity contribution in [1.82, 2.24) is 20.2 Å². The molecule has 0 fully saturated rings. The van der Waals surface area contributed by atoms with E-state index in [0.717, 1.165) is 27.9 Å². The maximum Gasteiger partial charge on any atom is 0.255 e. The lowest BCUT2D eigenvalue weighted by Gasteiger charge is -2.28. The van der Waals surface area contributed by atoms with Crippen LogP contribution in [0.25, 0.3) is 0 Å². The van der Waals surface area contributed by atoms with Gasteiger partial charge in [-0.2, -0.15) is 4.68 Å². The van der Waals surface area contributed by atoms with Crippen LogP contribution in [0, 0.1) is 13.8 Å². The lowest BCUT2D eigenvalue weighted by Crippen LogP contribution is -2.31. The molecule has 1 amide bonds. The van der Waals surface area contributed by atoms with E-state index in [1.54, 1.807) is 16.8 Å². The zero-order valence-corrected chi connectivity index (χ0v) is 21.9. The van der Waals surface area contributed by atoms with Crippen LogP contribution in [0.1, 0.15) is 35.2 Å². The van der Waals surface area contributed by atoms with Gasteiger partial charge in [0.25, 0.3) is 5.91 Å². The third-order valence-electron chi connectivity index (χ3n) is 6.39. The SMILES string of the molecule is CC1=C(C(=O)Nc2cccc(C)c2C)C(c2cccc(OCc3ccc(Cl)cc3Cl)c2)n2nnnc2N1. The Morgan fingerprint density at radius 2 is 1.89 bits per heavy atom. The third kappa shape index (κ3) is 5.03. The minimum atomic E-state index is -0.570. The first-order chi connectivity index (χ1) is 17.8. The van der Waals surface area contributed by atoms with Crippen LogP contribution in [0.15, 0.2) is 71.9 Å². The molecule has 2 heterocycles. The van der Waals surface area contributed by atoms with Crippen LogP contribution in [-0.4, -0.2) is 26.1 Å². The van der Waals surface area contributed by atoms with Gasteiger partial charge in [0, 0.05) is 27.0 Å². The summed E-state index contributed by atoms with van der Waals surface area (Å²) in [4.78, 5) is 13.7. The highest BCUT2D eigenvalue weighted by atomic mass is 35.5. The lowest BCUT2D eigenvalue weighted by molar-refractivity contribution is -0.113. The van der Waals surface area contributed by atoms with Gasteiger partial charge in [0.15, 0.2) is 0 Å². The Morgan fingerprint density at radius 3 is 2.70 bits per heavy atom. The molecule has 0 saturated heterocycles. The molecule has 4 aromatic rings. The van der Waals surface area contributed by atoms with E-state index in [9.17, 15) is 4.79 Å². The van der Waals surface area contributed by atoms with E-state index in [1.165, 1.54) is 0 Å². The number of amides is 1. The van der Waals surface area contributed by atoms with Gasteiger partial charge in [0.2, 0.25) is 5.95 Å². The molecule has 1 aromatic heterocycles. The van der Waals surface area contributed by atoms with E-state index in [-0.39, 0.29) is 12.5 Å². The van der Waals surface area contributed by atoms with Gasteiger partial charge in [-0.1, -0.05) is 58.6 Å². The molecule has 1 aliphatic rings. The number of hydrogen-bond acceptors (Lipinski definition) is 6. The predicted molar refractivity (Wildman–Crippen MR) is 144 cm³/mol. The fraction of sp³-hybridized carbons (Fsp3) is 0.185. The molecule has 0 spiro atoms. The normalized spacial score (nSPS) is 14.7. The molecule has 0 aliphatic carbocycles. The van der Waals surface area contributed by atoms with Gasteiger partial charge in [0.1, 0.15) is 18.4 Å². The molecule has 0 bridgehead atoms. The number of halogens is 2. The summed E-state index contributed by atoms with van der Waals surface area (Å²) in [5.41, 5.74) is 5.62. The summed E-state index contributed by atoms with van der Waals surface area (Å²) in [7, 11) is 0. The Morgan fingerprint density at radius 1 is 1.08 bits per heavy atom. The summed E-state index contributed by atoms with van der Waals surface area (Å²) in [6, 6.07) is 18.0. The molecule has 2 N–H and O–H groups in total. The standard InChI is InChI=1S/C27H24Cl2N6O2/c1-15-6-4-9-23(16(15)2)31-26(36)24-17(3)30-27-32-33-34-35(27)25(24)18-7-5-8-21(12-18)37-14-19-10-11-20(28)13-22(19)29/h4-13,25H,14H2,1-3H3,(H,31,36)(H,30,32,34). The molecular weight excluding hydrogens is 511 g/mol. The predicted octanol–water partition coefficient (Wildman–Crippen LogP) is 6.10. The zero-order chi connectivity index (χ0) is 26.1. The van der Waals surface area contributed by atoms with E-state index in [1.807, 2.05) is 69.3 Å². The van der Waals surface area contributed by atoms with Crippen molar-refractivity contribution in [2.45, 2.75) is 33.4 Å². The van der Waals surface area contributed by atoms with Crippen LogP contribution in [-0.2, 0) is 11.4 Å². The smallest absolute Gasteiger partial charge is 0.255 e. The molecular formula is C27H24Cl2N6O2. The van der Waals surface area contributed by atoms with Crippen molar-refractivity contribution in [3.63, 3.8) is 0 Å². The highest BCUT2D eigenvalue weighted by Gasteiger charge is 2.34. The number of carbonyl (C=O) groups is 1. The number of aryl methyl sites for hydroxylation is 1. The van der Waals surface area contributed by atoms with E-state index in [0.29, 0.717) is 33.0 Å². The molecule has 188 valence electrons. The first kappa shape index (κ1) is 24.8. The molecule has 0 saturated carbocycles. The summed E-state index contributed by atoms with van der Waals surface area (Å²) in [6.07, 6.45) is 0. The fourth-order valence-corrected chi connectivity index (χ4v) is 4.73. The number of nitrogens with zero attached hydrogens (tertiary/aromatic N) is 4. The average molecular weight is 535 g/mol. The van der Waals surface area contributed by atoms with Crippen molar-refractivity contribution in [1.29, 1.82) is 0 Å². The van der Waals surface area contributed by atoms with Crippen molar-refractivity contribution in [2.24, 2.45) is 0 Å². The van der Waals surface area contributed by atoms with Gasteiger partial charge in [-0.15, -0.1) is 0 Å². The number of aromatic nitrogens is 4. The summed E-state index contributed by atoms with van der Waals surface area (Å²) in [5, 5.41) is 19.4. The Labute approximate surface area is 224 Å². The van der Waals surface area contributed by atoms with Crippen LogP contribution < -0.4 is 15.4 Å².